The van der Waals surface area contributed by atoms with Gasteiger partial charge in [-0.1, -0.05) is 0 Å². The van der Waals surface area contributed by atoms with E-state index in [1.807, 2.05) is 0 Å². The van der Waals surface area contributed by atoms with Crippen LogP contribution in [-0.4, -0.2) is 34.0 Å². The Morgan fingerprint density at radius 1 is 1.38 bits per heavy atom. The van der Waals surface area contributed by atoms with Gasteiger partial charge in [-0.15, -0.1) is 0 Å². The molecule has 8 heteroatoms. The summed E-state index contributed by atoms with van der Waals surface area (Å²) < 4.78 is 28.4. The second-order valence-corrected chi connectivity index (χ2v) is 3.10. The minimum Gasteiger partial charge on any atom is -0.435 e. The molecule has 0 bridgehead atoms. The number of rotatable bonds is 3. The van der Waals surface area contributed by atoms with Gasteiger partial charge in [0.15, 0.2) is 0 Å². The monoisotopic (exact) mass is 228 g/mol. The molecule has 1 aromatic heterocycles. The smallest absolute Gasteiger partial charge is 0.435 e. The zero-order valence-electron chi connectivity index (χ0n) is 7.89. The number of aromatic nitrogens is 2. The van der Waals surface area contributed by atoms with Crippen molar-refractivity contribution in [3.05, 3.63) is 18.3 Å². The first-order valence-corrected chi connectivity index (χ1v) is 4.36. The van der Waals surface area contributed by atoms with E-state index in [-0.39, 0.29) is 11.2 Å². The maximum atomic E-state index is 12.1. The van der Waals surface area contributed by atoms with E-state index < -0.39 is 13.7 Å². The van der Waals surface area contributed by atoms with Crippen molar-refractivity contribution in [2.45, 2.75) is 6.61 Å². The Morgan fingerprint density at radius 2 is 2.12 bits per heavy atom. The molecule has 0 saturated heterocycles. The van der Waals surface area contributed by atoms with Crippen molar-refractivity contribution in [3.8, 4) is 5.75 Å². The van der Waals surface area contributed by atoms with Crippen LogP contribution >= 0.6 is 0 Å². The molecule has 0 saturated carbocycles. The number of hydrogen-bond donors (Lipinski definition) is 3. The molecule has 0 unspecified atom stereocenters. The van der Waals surface area contributed by atoms with Gasteiger partial charge in [-0.05, 0) is 12.1 Å². The van der Waals surface area contributed by atoms with Crippen LogP contribution in [-0.2, 0) is 0 Å². The normalized spacial score (nSPS) is 11.1. The van der Waals surface area contributed by atoms with Crippen molar-refractivity contribution < 1.29 is 23.6 Å². The molecule has 16 heavy (non-hydrogen) atoms. The summed E-state index contributed by atoms with van der Waals surface area (Å²) in [7, 11) is -1.89. The summed E-state index contributed by atoms with van der Waals surface area (Å²) in [6, 6.07) is 2.56. The average molecular weight is 228 g/mol. The first-order valence-electron chi connectivity index (χ1n) is 4.36. The molecule has 2 aromatic rings. The lowest BCUT2D eigenvalue weighted by Crippen LogP contribution is -2.32. The molecule has 3 N–H and O–H groups in total. The number of nitrogens with zero attached hydrogens (tertiary/aromatic N) is 1. The second-order valence-electron chi connectivity index (χ2n) is 3.10. The van der Waals surface area contributed by atoms with E-state index in [2.05, 4.69) is 14.9 Å². The molecule has 5 nitrogen and oxygen atoms in total. The lowest BCUT2D eigenvalue weighted by molar-refractivity contribution is -0.0491. The highest BCUT2D eigenvalue weighted by Gasteiger charge is 2.20. The van der Waals surface area contributed by atoms with Gasteiger partial charge in [0.1, 0.15) is 5.75 Å². The maximum Gasteiger partial charge on any atom is 0.492 e. The molecule has 1 heterocycles. The third kappa shape index (κ3) is 1.97. The first-order chi connectivity index (χ1) is 7.58. The van der Waals surface area contributed by atoms with Crippen LogP contribution in [0.4, 0.5) is 8.78 Å². The Bertz CT molecular complexity index is 503. The highest BCUT2D eigenvalue weighted by molar-refractivity contribution is 6.60. The van der Waals surface area contributed by atoms with Crippen molar-refractivity contribution in [1.29, 1.82) is 0 Å². The predicted molar refractivity (Wildman–Crippen MR) is 52.6 cm³/mol. The van der Waals surface area contributed by atoms with E-state index in [0.717, 1.165) is 0 Å². The molecule has 0 atom stereocenters. The van der Waals surface area contributed by atoms with Crippen LogP contribution in [0.1, 0.15) is 0 Å². The van der Waals surface area contributed by atoms with Crippen molar-refractivity contribution in [2.75, 3.05) is 0 Å². The molecule has 0 fully saturated rings. The molecule has 2 rings (SSSR count). The van der Waals surface area contributed by atoms with Gasteiger partial charge in [0, 0.05) is 10.8 Å². The van der Waals surface area contributed by atoms with E-state index in [9.17, 15) is 8.78 Å². The van der Waals surface area contributed by atoms with Crippen LogP contribution in [0.2, 0.25) is 0 Å². The minimum atomic E-state index is -3.03. The van der Waals surface area contributed by atoms with Gasteiger partial charge in [0.25, 0.3) is 0 Å². The van der Waals surface area contributed by atoms with E-state index in [0.29, 0.717) is 10.9 Å². The van der Waals surface area contributed by atoms with Crippen LogP contribution in [0.25, 0.3) is 10.9 Å². The zero-order valence-corrected chi connectivity index (χ0v) is 7.89. The van der Waals surface area contributed by atoms with Crippen LogP contribution in [0.15, 0.2) is 18.3 Å². The predicted octanol–water partition coefficient (Wildman–Crippen LogP) is -0.156. The number of nitrogens with one attached hydrogen (secondary N) is 1. The third-order valence-corrected chi connectivity index (χ3v) is 2.06. The van der Waals surface area contributed by atoms with Crippen LogP contribution in [0.5, 0.6) is 5.75 Å². The molecular formula is C8H7BF2N2O3. The Kier molecular flexibility index (Phi) is 2.76. The van der Waals surface area contributed by atoms with Gasteiger partial charge >= 0.3 is 13.7 Å². The summed E-state index contributed by atoms with van der Waals surface area (Å²) in [5, 5.41) is 24.8. The Balaban J connectivity index is 2.53. The zero-order chi connectivity index (χ0) is 11.7. The fourth-order valence-corrected chi connectivity index (χ4v) is 1.39. The average Bonchev–Trinajstić information content (AvgIpc) is 2.62. The Hall–Kier alpha value is -1.67. The maximum absolute atomic E-state index is 12.1. The minimum absolute atomic E-state index is 0.142. The van der Waals surface area contributed by atoms with E-state index in [4.69, 9.17) is 10.0 Å². The van der Waals surface area contributed by atoms with Gasteiger partial charge in [-0.2, -0.15) is 13.9 Å². The van der Waals surface area contributed by atoms with Gasteiger partial charge in [0.2, 0.25) is 0 Å². The Labute approximate surface area is 88.8 Å². The Morgan fingerprint density at radius 3 is 2.75 bits per heavy atom. The standard InChI is InChI=1S/C8H7BF2N2O3/c10-8(11)16-7-1-4-3-12-13-6(4)2-5(7)9(14)15/h1-3,8,14-15H,(H,12,13). The number of hydrogen-bond acceptors (Lipinski definition) is 4. The fourth-order valence-electron chi connectivity index (χ4n) is 1.39. The summed E-state index contributed by atoms with van der Waals surface area (Å²) in [5.41, 5.74) is 0.363. The largest absolute Gasteiger partial charge is 0.492 e. The van der Waals surface area contributed by atoms with Crippen molar-refractivity contribution in [2.24, 2.45) is 0 Å². The van der Waals surface area contributed by atoms with Crippen LogP contribution in [0, 0.1) is 0 Å². The quantitative estimate of drug-likeness (QED) is 0.638. The lowest BCUT2D eigenvalue weighted by Gasteiger charge is -2.10. The molecule has 0 spiro atoms. The molecule has 84 valence electrons. The highest BCUT2D eigenvalue weighted by Crippen LogP contribution is 2.19. The van der Waals surface area contributed by atoms with Crippen molar-refractivity contribution in [1.82, 2.24) is 10.2 Å². The van der Waals surface area contributed by atoms with Crippen molar-refractivity contribution in [3.63, 3.8) is 0 Å². The van der Waals surface area contributed by atoms with Gasteiger partial charge in [-0.25, -0.2) is 0 Å². The molecule has 0 aliphatic heterocycles. The number of fused-ring (bicyclic) bond motifs is 1. The van der Waals surface area contributed by atoms with Crippen LogP contribution < -0.4 is 10.2 Å². The second kappa shape index (κ2) is 4.07. The molecular weight excluding hydrogens is 221 g/mol. The number of benzene rings is 1. The first kappa shape index (κ1) is 10.8. The SMILES string of the molecule is OB(O)c1cc2[nH]ncc2cc1OC(F)F. The third-order valence-electron chi connectivity index (χ3n) is 2.06. The summed E-state index contributed by atoms with van der Waals surface area (Å²) in [4.78, 5) is 0. The molecule has 0 aliphatic rings. The van der Waals surface area contributed by atoms with E-state index in [1.54, 1.807) is 0 Å². The number of aromatic amines is 1. The lowest BCUT2D eigenvalue weighted by atomic mass is 9.79. The van der Waals surface area contributed by atoms with E-state index >= 15 is 0 Å². The molecule has 0 radical (unpaired) electrons. The number of H-pyrrole nitrogens is 1. The van der Waals surface area contributed by atoms with Gasteiger partial charge in [0.05, 0.1) is 11.7 Å². The number of halogens is 2. The molecule has 1 aromatic carbocycles. The number of ether oxygens (including phenoxy) is 1. The summed E-state index contributed by atoms with van der Waals surface area (Å²) in [6.45, 7) is -3.03. The fraction of sp³-hybridized carbons (Fsp3) is 0.125. The summed E-state index contributed by atoms with van der Waals surface area (Å²) >= 11 is 0. The van der Waals surface area contributed by atoms with Gasteiger partial charge < -0.3 is 14.8 Å². The molecule has 0 aliphatic carbocycles. The highest BCUT2D eigenvalue weighted by atomic mass is 19.3. The summed E-state index contributed by atoms with van der Waals surface area (Å²) in [6.07, 6.45) is 1.42. The number of alkyl halides is 2. The van der Waals surface area contributed by atoms with E-state index in [1.165, 1.54) is 18.3 Å². The van der Waals surface area contributed by atoms with Gasteiger partial charge in [-0.3, -0.25) is 5.10 Å². The van der Waals surface area contributed by atoms with Crippen LogP contribution in [0.3, 0.4) is 0 Å². The topological polar surface area (TPSA) is 78.4 Å². The van der Waals surface area contributed by atoms with Crippen molar-refractivity contribution >= 4 is 23.5 Å². The molecule has 0 amide bonds. The summed E-state index contributed by atoms with van der Waals surface area (Å²) in [5.74, 6) is -0.279.